The Kier molecular flexibility index (Phi) is 14.4. The van der Waals surface area contributed by atoms with Crippen LogP contribution in [-0.4, -0.2) is 46.9 Å². The number of fused-ring (bicyclic) bond motifs is 3. The van der Waals surface area contributed by atoms with E-state index in [-0.39, 0.29) is 65.0 Å². The van der Waals surface area contributed by atoms with Crippen LogP contribution >= 0.6 is 0 Å². The second-order valence-corrected chi connectivity index (χ2v) is 18.5. The fourth-order valence-corrected chi connectivity index (χ4v) is 6.39. The summed E-state index contributed by atoms with van der Waals surface area (Å²) in [5, 5.41) is 0. The normalized spacial score (nSPS) is 13.3. The van der Waals surface area contributed by atoms with Gasteiger partial charge < -0.3 is 9.55 Å². The topological polar surface area (TPSA) is 128 Å². The van der Waals surface area contributed by atoms with Crippen molar-refractivity contribution in [2.75, 3.05) is 0 Å². The number of benzene rings is 3. The molecule has 0 saturated carbocycles. The van der Waals surface area contributed by atoms with Crippen molar-refractivity contribution in [2.24, 2.45) is 9.98 Å². The van der Waals surface area contributed by atoms with E-state index in [4.69, 9.17) is 0 Å². The first-order valence-corrected chi connectivity index (χ1v) is 20.7. The zero-order valence-corrected chi connectivity index (χ0v) is 41.0. The van der Waals surface area contributed by atoms with Crippen LogP contribution in [0.4, 0.5) is 73.9 Å². The summed E-state index contributed by atoms with van der Waals surface area (Å²) in [7, 11) is 0. The van der Waals surface area contributed by atoms with E-state index in [2.05, 4.69) is 102 Å². The van der Waals surface area contributed by atoms with Crippen LogP contribution in [0, 0.1) is 24.5 Å². The van der Waals surface area contributed by atoms with Gasteiger partial charge in [0.2, 0.25) is 23.4 Å². The molecule has 0 fully saturated rings. The van der Waals surface area contributed by atoms with Crippen molar-refractivity contribution in [3.8, 4) is 5.69 Å². The number of nitrogens with one attached hydrogen (secondary N) is 1. The summed E-state index contributed by atoms with van der Waals surface area (Å²) in [4.78, 5) is 31.3. The van der Waals surface area contributed by atoms with E-state index in [1.54, 1.807) is 18.2 Å². The van der Waals surface area contributed by atoms with Crippen LogP contribution in [0.5, 0.6) is 0 Å². The van der Waals surface area contributed by atoms with Crippen LogP contribution in [-0.2, 0) is 54.9 Å². The van der Waals surface area contributed by atoms with Crippen LogP contribution in [0.25, 0.3) is 16.9 Å². The first-order chi connectivity index (χ1) is 32.0. The number of hydrogen-bond acceptors (Lipinski definition) is 8. The average molecular weight is 1150 g/mol. The van der Waals surface area contributed by atoms with Crippen molar-refractivity contribution in [2.45, 2.75) is 97.1 Å². The summed E-state index contributed by atoms with van der Waals surface area (Å²) in [5.41, 5.74) is 5.36. The van der Waals surface area contributed by atoms with Crippen molar-refractivity contribution >= 4 is 57.6 Å². The van der Waals surface area contributed by atoms with Crippen molar-refractivity contribution in [1.29, 1.82) is 0 Å². The molecule has 3 aromatic carbocycles. The van der Waals surface area contributed by atoms with Gasteiger partial charge in [0.05, 0.1) is 17.9 Å². The Balaban J connectivity index is 0.000000171. The molecule has 1 radical (unpaired) electrons. The number of halogens is 9. The average Bonchev–Trinajstić information content (AvgIpc) is 4.02. The Hall–Kier alpha value is -6.85. The van der Waals surface area contributed by atoms with Crippen molar-refractivity contribution in [3.63, 3.8) is 0 Å². The molecule has 22 heteroatoms. The molecule has 0 spiro atoms. The number of aromatic nitrogens is 8. The molecule has 0 amide bonds. The van der Waals surface area contributed by atoms with E-state index in [1.165, 1.54) is 13.7 Å². The van der Waals surface area contributed by atoms with Gasteiger partial charge in [0.25, 0.3) is 5.82 Å². The monoisotopic (exact) mass is 1150 g/mol. The van der Waals surface area contributed by atoms with Gasteiger partial charge in [0, 0.05) is 37.7 Å². The number of hydrogen-bond donors (Lipinski definition) is 1. The molecular weight excluding hydrogens is 1110 g/mol. The maximum absolute atomic E-state index is 12.8. The van der Waals surface area contributed by atoms with Gasteiger partial charge in [-0.1, -0.05) is 78.0 Å². The predicted octanol–water partition coefficient (Wildman–Crippen LogP) is 11.6. The smallest absolute Gasteiger partial charge is 0.356 e. The minimum Gasteiger partial charge on any atom is -0.356 e. The number of nitrogens with zero attached hydrogens (tertiary/aromatic N) is 11. The van der Waals surface area contributed by atoms with Crippen LogP contribution < -0.4 is 13.7 Å². The Labute approximate surface area is 409 Å². The summed E-state index contributed by atoms with van der Waals surface area (Å²) < 4.78 is 119. The van der Waals surface area contributed by atoms with Gasteiger partial charge in [0.15, 0.2) is 12.0 Å². The zero-order valence-electron chi connectivity index (χ0n) is 38.6. The van der Waals surface area contributed by atoms with Crippen LogP contribution in [0.2, 0.25) is 0 Å². The molecule has 1 N–H and O–H groups in total. The molecule has 12 nitrogen and oxygen atoms in total. The zero-order chi connectivity index (χ0) is 50.5. The van der Waals surface area contributed by atoms with E-state index in [0.717, 1.165) is 35.3 Å². The number of aromatic amines is 1. The molecule has 2 aliphatic rings. The number of aliphatic imine (C=N–C) groups is 2. The van der Waals surface area contributed by atoms with Crippen molar-refractivity contribution in [3.05, 3.63) is 132 Å². The Bertz CT molecular complexity index is 3090. The third-order valence-electron chi connectivity index (χ3n) is 10.2. The Morgan fingerprint density at radius 2 is 0.857 bits per heavy atom. The molecule has 9 rings (SSSR count). The molecule has 7 aromatic rings. The molecule has 70 heavy (non-hydrogen) atoms. The first-order valence-electron chi connectivity index (χ1n) is 20.7. The molecule has 2 aliphatic heterocycles. The molecule has 0 atom stereocenters. The molecular formula is C48H40F9IrN12-. The number of H-pyrrole nitrogens is 1. The minimum absolute atomic E-state index is 0. The Morgan fingerprint density at radius 1 is 0.500 bits per heavy atom. The molecule has 0 saturated heterocycles. The molecule has 0 unspecified atom stereocenters. The SMILES string of the molecule is CC(C)(C)c1cc[c-]c(-[n+]2[c-][nH]c3cnc(C(F)(F)F)nc32)c1.CC(C)(C)c1cc[c-]c([N+]2=C=Nc3cnc(C(F)(F)F)nc32)c1.CC(C)(C)c1cc[c-]c([N+]2=C=Nc3cnc(C(F)(F)F)nc32)c1.[Ir]. The van der Waals surface area contributed by atoms with E-state index in [0.29, 0.717) is 22.6 Å². The second kappa shape index (κ2) is 19.2. The summed E-state index contributed by atoms with van der Waals surface area (Å²) in [6.45, 7) is 18.4. The predicted molar refractivity (Wildman–Crippen MR) is 236 cm³/mol. The van der Waals surface area contributed by atoms with Gasteiger partial charge in [-0.25, -0.2) is 15.0 Å². The maximum Gasteiger partial charge on any atom is 0.468 e. The van der Waals surface area contributed by atoms with E-state index < -0.39 is 36.0 Å². The molecule has 6 heterocycles. The van der Waals surface area contributed by atoms with Crippen LogP contribution in [0.15, 0.2) is 83.2 Å². The van der Waals surface area contributed by atoms with Gasteiger partial charge in [-0.3, -0.25) is 0 Å². The van der Waals surface area contributed by atoms with Gasteiger partial charge in [-0.05, 0) is 26.2 Å². The fourth-order valence-electron chi connectivity index (χ4n) is 6.39. The summed E-state index contributed by atoms with van der Waals surface area (Å²) in [6, 6.07) is 30.8. The largest absolute Gasteiger partial charge is 0.468 e. The van der Waals surface area contributed by atoms with Crippen LogP contribution in [0.1, 0.15) is 96.5 Å². The number of rotatable bonds is 3. The van der Waals surface area contributed by atoms with E-state index >= 15 is 0 Å². The van der Waals surface area contributed by atoms with Gasteiger partial charge in [-0.15, -0.1) is 40.4 Å². The summed E-state index contributed by atoms with van der Waals surface area (Å²) in [6.07, 6.45) is -7.84. The minimum atomic E-state index is -4.61. The van der Waals surface area contributed by atoms with E-state index in [9.17, 15) is 39.5 Å². The first kappa shape index (κ1) is 52.5. The molecule has 4 aromatic heterocycles. The van der Waals surface area contributed by atoms with E-state index in [1.807, 2.05) is 77.9 Å². The quantitative estimate of drug-likeness (QED) is 0.107. The molecule has 365 valence electrons. The second-order valence-electron chi connectivity index (χ2n) is 18.5. The fraction of sp³-hybridized carbons (Fsp3) is 0.312. The Morgan fingerprint density at radius 3 is 1.24 bits per heavy atom. The van der Waals surface area contributed by atoms with Crippen molar-refractivity contribution < 1.29 is 64.2 Å². The van der Waals surface area contributed by atoms with Crippen molar-refractivity contribution in [1.82, 2.24) is 44.0 Å². The maximum atomic E-state index is 12.8. The number of alkyl halides is 9. The van der Waals surface area contributed by atoms with Gasteiger partial charge in [0.1, 0.15) is 0 Å². The van der Waals surface area contributed by atoms with Gasteiger partial charge >= 0.3 is 41.8 Å². The number of imidazole rings is 1. The summed E-state index contributed by atoms with van der Waals surface area (Å²) >= 11 is 0. The van der Waals surface area contributed by atoms with Crippen LogP contribution in [0.3, 0.4) is 0 Å². The molecule has 0 bridgehead atoms. The van der Waals surface area contributed by atoms with Gasteiger partial charge in [-0.2, -0.15) is 103 Å². The summed E-state index contributed by atoms with van der Waals surface area (Å²) in [5.74, 6) is -3.48. The third kappa shape index (κ3) is 11.8. The molecule has 0 aliphatic carbocycles. The standard InChI is InChI=1S/C16H14F3N4.2C16H13F3N4.Ir/c3*1-15(2,3)10-5-4-6-11(7-10)23-9-21-12-8-20-14(16(17,18)19)22-13(12)23;/h4-5,7-8,21H,1-3H3;2*4-5,7-8H,1-3H3;/q-1;;;. The third-order valence-corrected chi connectivity index (χ3v) is 10.2.